The summed E-state index contributed by atoms with van der Waals surface area (Å²) >= 11 is 0. The normalized spacial score (nSPS) is 15.9. The van der Waals surface area contributed by atoms with E-state index in [0.717, 1.165) is 16.0 Å². The zero-order chi connectivity index (χ0) is 39.9. The number of amides is 5. The zero-order valence-corrected chi connectivity index (χ0v) is 32.0. The minimum absolute atomic E-state index is 0.0530. The van der Waals surface area contributed by atoms with Gasteiger partial charge in [-0.1, -0.05) is 60.7 Å². The lowest BCUT2D eigenvalue weighted by Crippen LogP contribution is -2.68. The molecule has 1 N–H and O–H groups in total. The Kier molecular flexibility index (Phi) is 12.2. The number of carbonyl (C=O) groups is 5. The Labute approximate surface area is 320 Å². The Morgan fingerprint density at radius 2 is 1.38 bits per heavy atom. The minimum atomic E-state index is -1.06. The van der Waals surface area contributed by atoms with Gasteiger partial charge in [-0.05, 0) is 108 Å². The molecule has 3 unspecified atom stereocenters. The molecule has 288 valence electrons. The summed E-state index contributed by atoms with van der Waals surface area (Å²) in [7, 11) is 0. The number of ether oxygens (including phenoxy) is 4. The van der Waals surface area contributed by atoms with Gasteiger partial charge in [0.2, 0.25) is 5.91 Å². The summed E-state index contributed by atoms with van der Waals surface area (Å²) in [5.74, 6) is -1.67. The second-order valence-corrected chi connectivity index (χ2v) is 15.0. The molecule has 5 rings (SSSR count). The molecule has 1 fully saturated rings. The SMILES string of the molecule is CC(NC(=O)N1C(=O)C(Cc2ccnc(N(C(=O)OC(C)(C)C)C(=O)OC(C)(C)C)c2)C1Oc1ccc(C(=O)OCc2ccccc2)cc1)c1ccccc1. The molecule has 0 radical (unpaired) electrons. The van der Waals surface area contributed by atoms with Gasteiger partial charge in [-0.2, -0.15) is 4.90 Å². The number of hydrogen-bond donors (Lipinski definition) is 1. The van der Waals surface area contributed by atoms with Crippen molar-refractivity contribution in [2.24, 2.45) is 5.92 Å². The van der Waals surface area contributed by atoms with E-state index in [0.29, 0.717) is 21.8 Å². The van der Waals surface area contributed by atoms with Crippen LogP contribution in [0.25, 0.3) is 0 Å². The van der Waals surface area contributed by atoms with Crippen molar-refractivity contribution < 1.29 is 42.9 Å². The first kappa shape index (κ1) is 40.0. The maximum absolute atomic E-state index is 13.8. The molecular weight excluding hydrogens is 704 g/mol. The predicted molar refractivity (Wildman–Crippen MR) is 203 cm³/mol. The highest BCUT2D eigenvalue weighted by molar-refractivity contribution is 6.08. The van der Waals surface area contributed by atoms with Gasteiger partial charge in [0.05, 0.1) is 17.5 Å². The van der Waals surface area contributed by atoms with Crippen LogP contribution in [-0.2, 0) is 32.0 Å². The van der Waals surface area contributed by atoms with Crippen molar-refractivity contribution in [2.45, 2.75) is 85.0 Å². The Morgan fingerprint density at radius 1 is 0.800 bits per heavy atom. The van der Waals surface area contributed by atoms with E-state index in [1.54, 1.807) is 66.7 Å². The summed E-state index contributed by atoms with van der Waals surface area (Å²) in [6.07, 6.45) is -1.59. The number of aromatic nitrogens is 1. The molecule has 1 aromatic heterocycles. The second kappa shape index (κ2) is 16.8. The maximum atomic E-state index is 13.8. The van der Waals surface area contributed by atoms with Crippen molar-refractivity contribution in [3.8, 4) is 5.75 Å². The van der Waals surface area contributed by atoms with Gasteiger partial charge in [0, 0.05) is 6.20 Å². The fourth-order valence-corrected chi connectivity index (χ4v) is 5.60. The molecule has 3 atom stereocenters. The summed E-state index contributed by atoms with van der Waals surface area (Å²) in [5.41, 5.74) is 0.640. The lowest BCUT2D eigenvalue weighted by molar-refractivity contribution is -0.166. The van der Waals surface area contributed by atoms with Gasteiger partial charge in [-0.25, -0.2) is 29.1 Å². The van der Waals surface area contributed by atoms with Crippen molar-refractivity contribution in [1.82, 2.24) is 15.2 Å². The number of nitrogens with zero attached hydrogens (tertiary/aromatic N) is 3. The number of esters is 1. The fourth-order valence-electron chi connectivity index (χ4n) is 5.60. The maximum Gasteiger partial charge on any atom is 0.425 e. The number of anilines is 1. The Bertz CT molecular complexity index is 1960. The van der Waals surface area contributed by atoms with E-state index < -0.39 is 59.5 Å². The molecule has 55 heavy (non-hydrogen) atoms. The molecular formula is C42H46N4O9. The molecule has 2 heterocycles. The van der Waals surface area contributed by atoms with Gasteiger partial charge in [0.1, 0.15) is 29.4 Å². The molecule has 4 aromatic rings. The predicted octanol–water partition coefficient (Wildman–Crippen LogP) is 7.99. The van der Waals surface area contributed by atoms with E-state index in [4.69, 9.17) is 18.9 Å². The number of carbonyl (C=O) groups excluding carboxylic acids is 5. The van der Waals surface area contributed by atoms with Crippen LogP contribution in [-0.4, -0.2) is 57.4 Å². The summed E-state index contributed by atoms with van der Waals surface area (Å²) in [6.45, 7) is 11.9. The standard InChI is InChI=1S/C42H46N4O9/c1-27(30-16-12-9-13-17-30)44-38(49)46-35(47)33(36(46)53-32-20-18-31(19-21-32)37(48)52-26-28-14-10-8-11-15-28)24-29-22-23-43-34(25-29)45(39(50)54-41(2,3)4)40(51)55-42(5,6)7/h8-23,25,27,33,36H,24,26H2,1-7H3,(H,44,49). The minimum Gasteiger partial charge on any atom is -0.469 e. The number of urea groups is 1. The van der Waals surface area contributed by atoms with E-state index in [1.165, 1.54) is 24.4 Å². The number of pyridine rings is 1. The number of nitrogens with one attached hydrogen (secondary N) is 1. The van der Waals surface area contributed by atoms with Crippen molar-refractivity contribution in [2.75, 3.05) is 4.90 Å². The summed E-state index contributed by atoms with van der Waals surface area (Å²) in [4.78, 5) is 72.6. The zero-order valence-electron chi connectivity index (χ0n) is 32.0. The fraction of sp³-hybridized carbons (Fsp3) is 0.333. The molecule has 1 aliphatic heterocycles. The van der Waals surface area contributed by atoms with Crippen molar-refractivity contribution in [3.63, 3.8) is 0 Å². The van der Waals surface area contributed by atoms with Gasteiger partial charge in [-0.3, -0.25) is 4.79 Å². The molecule has 0 aliphatic carbocycles. The van der Waals surface area contributed by atoms with E-state index >= 15 is 0 Å². The van der Waals surface area contributed by atoms with Crippen LogP contribution in [0.5, 0.6) is 5.75 Å². The average molecular weight is 751 g/mol. The first-order chi connectivity index (χ1) is 26.0. The molecule has 5 amide bonds. The van der Waals surface area contributed by atoms with E-state index in [1.807, 2.05) is 60.7 Å². The highest BCUT2D eigenvalue weighted by Crippen LogP contribution is 2.34. The van der Waals surface area contributed by atoms with Crippen LogP contribution in [0.3, 0.4) is 0 Å². The Morgan fingerprint density at radius 3 is 1.96 bits per heavy atom. The lowest BCUT2D eigenvalue weighted by Gasteiger charge is -2.45. The molecule has 0 saturated carbocycles. The quantitative estimate of drug-likeness (QED) is 0.0959. The van der Waals surface area contributed by atoms with Crippen LogP contribution in [0, 0.1) is 5.92 Å². The smallest absolute Gasteiger partial charge is 0.425 e. The molecule has 0 spiro atoms. The largest absolute Gasteiger partial charge is 0.469 e. The molecule has 1 aliphatic rings. The monoisotopic (exact) mass is 750 g/mol. The van der Waals surface area contributed by atoms with Gasteiger partial charge >= 0.3 is 24.2 Å². The topological polar surface area (TPSA) is 154 Å². The third-order valence-corrected chi connectivity index (χ3v) is 8.22. The van der Waals surface area contributed by atoms with Crippen LogP contribution in [0.4, 0.5) is 20.2 Å². The van der Waals surface area contributed by atoms with E-state index in [9.17, 15) is 24.0 Å². The number of likely N-dealkylation sites (tertiary alicyclic amines) is 1. The Balaban J connectivity index is 1.38. The second-order valence-electron chi connectivity index (χ2n) is 15.0. The van der Waals surface area contributed by atoms with Gasteiger partial charge in [0.25, 0.3) is 0 Å². The van der Waals surface area contributed by atoms with E-state index in [-0.39, 0.29) is 18.8 Å². The third-order valence-electron chi connectivity index (χ3n) is 8.22. The highest BCUT2D eigenvalue weighted by atomic mass is 16.6. The highest BCUT2D eigenvalue weighted by Gasteiger charge is 2.53. The lowest BCUT2D eigenvalue weighted by atomic mass is 9.89. The number of imide groups is 2. The van der Waals surface area contributed by atoms with Crippen molar-refractivity contribution >= 4 is 35.9 Å². The van der Waals surface area contributed by atoms with Gasteiger partial charge < -0.3 is 24.3 Å². The first-order valence-electron chi connectivity index (χ1n) is 17.9. The number of rotatable bonds is 10. The molecule has 1 saturated heterocycles. The average Bonchev–Trinajstić information content (AvgIpc) is 3.12. The molecule has 13 nitrogen and oxygen atoms in total. The van der Waals surface area contributed by atoms with Crippen LogP contribution in [0.15, 0.2) is 103 Å². The summed E-state index contributed by atoms with van der Waals surface area (Å²) in [5, 5.41) is 2.87. The summed E-state index contributed by atoms with van der Waals surface area (Å²) < 4.78 is 22.7. The van der Waals surface area contributed by atoms with Crippen LogP contribution < -0.4 is 15.0 Å². The van der Waals surface area contributed by atoms with Crippen LogP contribution in [0.2, 0.25) is 0 Å². The van der Waals surface area contributed by atoms with Crippen molar-refractivity contribution in [1.29, 1.82) is 0 Å². The van der Waals surface area contributed by atoms with Crippen LogP contribution >= 0.6 is 0 Å². The molecule has 0 bridgehead atoms. The van der Waals surface area contributed by atoms with Gasteiger partial charge in [0.15, 0.2) is 6.23 Å². The number of benzene rings is 3. The van der Waals surface area contributed by atoms with Gasteiger partial charge in [-0.15, -0.1) is 0 Å². The number of β-lactam (4-membered cyclic amide) rings is 1. The summed E-state index contributed by atoms with van der Waals surface area (Å²) in [6, 6.07) is 26.8. The third kappa shape index (κ3) is 10.7. The van der Waals surface area contributed by atoms with Crippen molar-refractivity contribution in [3.05, 3.63) is 126 Å². The molecule has 3 aromatic carbocycles. The Hall–Kier alpha value is -6.24. The molecule has 13 heteroatoms. The number of hydrogen-bond acceptors (Lipinski definition) is 10. The van der Waals surface area contributed by atoms with Crippen LogP contribution in [0.1, 0.15) is 81.6 Å². The first-order valence-corrected chi connectivity index (χ1v) is 17.9. The van der Waals surface area contributed by atoms with E-state index in [2.05, 4.69) is 10.3 Å².